The number of amides is 1. The number of aromatic amines is 1. The summed E-state index contributed by atoms with van der Waals surface area (Å²) in [6.45, 7) is 0.867. The highest BCUT2D eigenvalue weighted by atomic mass is 35.5. The van der Waals surface area contributed by atoms with Gasteiger partial charge in [-0.1, -0.05) is 35.9 Å². The molecule has 0 radical (unpaired) electrons. The topological polar surface area (TPSA) is 71.2 Å². The fraction of sp³-hybridized carbons (Fsp3) is 0.333. The van der Waals surface area contributed by atoms with Crippen molar-refractivity contribution in [2.45, 2.75) is 19.4 Å². The summed E-state index contributed by atoms with van der Waals surface area (Å²) in [5, 5.41) is 3.55. The third-order valence-electron chi connectivity index (χ3n) is 5.35. The van der Waals surface area contributed by atoms with Crippen molar-refractivity contribution < 1.29 is 9.53 Å². The van der Waals surface area contributed by atoms with E-state index in [2.05, 4.69) is 22.5 Å². The Morgan fingerprint density at radius 1 is 1.26 bits per heavy atom. The van der Waals surface area contributed by atoms with Crippen molar-refractivity contribution in [3.8, 4) is 5.75 Å². The Morgan fingerprint density at radius 3 is 2.85 bits per heavy atom. The van der Waals surface area contributed by atoms with Crippen molar-refractivity contribution in [3.63, 3.8) is 0 Å². The Kier molecular flexibility index (Phi) is 5.03. The molecule has 1 amide bonds. The van der Waals surface area contributed by atoms with Gasteiger partial charge in [0.1, 0.15) is 12.3 Å². The molecule has 2 aliphatic carbocycles. The van der Waals surface area contributed by atoms with Crippen LogP contribution in [0.15, 0.2) is 53.5 Å². The molecule has 3 atom stereocenters. The zero-order valence-electron chi connectivity index (χ0n) is 14.8. The standard InChI is InChI=1S/C21H21ClN2O3/c22-17-3-1-2-14(8-17)12-27-20-11-23-18(9-19(20)25)21(26)24-10-16-7-13-4-5-15(16)6-13/h1-5,8-9,11,13,15-16H,6-7,10,12H2,(H,23,25)(H,24,26)/t13-,15-,16-/m0/s1. The van der Waals surface area contributed by atoms with Crippen LogP contribution in [-0.2, 0) is 6.61 Å². The van der Waals surface area contributed by atoms with Gasteiger partial charge in [-0.05, 0) is 48.3 Å². The number of hydrogen-bond acceptors (Lipinski definition) is 3. The molecule has 2 bridgehead atoms. The molecule has 27 heavy (non-hydrogen) atoms. The number of rotatable bonds is 6. The predicted octanol–water partition coefficient (Wildman–Crippen LogP) is 3.55. The smallest absolute Gasteiger partial charge is 0.267 e. The van der Waals surface area contributed by atoms with E-state index < -0.39 is 0 Å². The summed E-state index contributed by atoms with van der Waals surface area (Å²) >= 11 is 5.94. The summed E-state index contributed by atoms with van der Waals surface area (Å²) in [6, 6.07) is 8.53. The van der Waals surface area contributed by atoms with Crippen LogP contribution < -0.4 is 15.5 Å². The monoisotopic (exact) mass is 384 g/mol. The van der Waals surface area contributed by atoms with E-state index in [4.69, 9.17) is 16.3 Å². The molecule has 2 aromatic rings. The SMILES string of the molecule is O=C(NC[C@@H]1C[C@H]2C=C[C@H]1C2)c1cc(=O)c(OCc2cccc(Cl)c2)c[nH]1. The lowest BCUT2D eigenvalue weighted by molar-refractivity contribution is 0.0940. The van der Waals surface area contributed by atoms with Crippen molar-refractivity contribution >= 4 is 17.5 Å². The lowest BCUT2D eigenvalue weighted by atomic mass is 9.93. The van der Waals surface area contributed by atoms with Crippen LogP contribution in [0.5, 0.6) is 5.75 Å². The molecule has 5 nitrogen and oxygen atoms in total. The number of carbonyl (C=O) groups is 1. The van der Waals surface area contributed by atoms with Crippen LogP contribution >= 0.6 is 11.6 Å². The molecule has 1 aromatic heterocycles. The number of hydrogen-bond donors (Lipinski definition) is 2. The summed E-state index contributed by atoms with van der Waals surface area (Å²) in [5.41, 5.74) is 0.779. The van der Waals surface area contributed by atoms with E-state index in [0.717, 1.165) is 12.0 Å². The van der Waals surface area contributed by atoms with Gasteiger partial charge in [0.25, 0.3) is 5.91 Å². The minimum atomic E-state index is -0.330. The van der Waals surface area contributed by atoms with E-state index in [-0.39, 0.29) is 29.4 Å². The highest BCUT2D eigenvalue weighted by Gasteiger charge is 2.35. The number of H-pyrrole nitrogens is 1. The minimum absolute atomic E-state index is 0.171. The largest absolute Gasteiger partial charge is 0.483 e. The van der Waals surface area contributed by atoms with E-state index in [0.29, 0.717) is 29.3 Å². The van der Waals surface area contributed by atoms with Gasteiger partial charge in [-0.15, -0.1) is 0 Å². The fourth-order valence-corrected chi connectivity index (χ4v) is 4.15. The molecule has 2 N–H and O–H groups in total. The number of pyridine rings is 1. The molecule has 1 aromatic carbocycles. The molecule has 140 valence electrons. The highest BCUT2D eigenvalue weighted by Crippen LogP contribution is 2.42. The average Bonchev–Trinajstić information content (AvgIpc) is 3.28. The molecule has 0 spiro atoms. The van der Waals surface area contributed by atoms with Gasteiger partial charge in [-0.3, -0.25) is 9.59 Å². The minimum Gasteiger partial charge on any atom is -0.483 e. The zero-order valence-corrected chi connectivity index (χ0v) is 15.5. The van der Waals surface area contributed by atoms with Gasteiger partial charge in [-0.25, -0.2) is 0 Å². The molecule has 0 saturated heterocycles. The summed E-state index contributed by atoms with van der Waals surface area (Å²) in [7, 11) is 0. The van der Waals surface area contributed by atoms with Crippen LogP contribution in [-0.4, -0.2) is 17.4 Å². The molecule has 0 aliphatic heterocycles. The molecular formula is C21H21ClN2O3. The normalized spacial score (nSPS) is 22.8. The van der Waals surface area contributed by atoms with Crippen molar-refractivity contribution in [1.82, 2.24) is 10.3 Å². The molecule has 4 rings (SSSR count). The Hall–Kier alpha value is -2.53. The maximum Gasteiger partial charge on any atom is 0.267 e. The summed E-state index contributed by atoms with van der Waals surface area (Å²) < 4.78 is 5.55. The maximum absolute atomic E-state index is 12.3. The number of carbonyl (C=O) groups excluding carboxylic acids is 1. The first-order valence-corrected chi connectivity index (χ1v) is 9.53. The lowest BCUT2D eigenvalue weighted by Gasteiger charge is -2.18. The molecule has 1 fully saturated rings. The Labute approximate surface area is 162 Å². The van der Waals surface area contributed by atoms with Crippen LogP contribution in [0, 0.1) is 17.8 Å². The van der Waals surface area contributed by atoms with Gasteiger partial charge in [0.15, 0.2) is 5.75 Å². The molecule has 1 heterocycles. The van der Waals surface area contributed by atoms with Crippen molar-refractivity contribution in [1.29, 1.82) is 0 Å². The Morgan fingerprint density at radius 2 is 2.15 bits per heavy atom. The van der Waals surface area contributed by atoms with Gasteiger partial charge in [-0.2, -0.15) is 0 Å². The highest BCUT2D eigenvalue weighted by molar-refractivity contribution is 6.30. The number of halogens is 1. The molecule has 1 saturated carbocycles. The number of allylic oxidation sites excluding steroid dienone is 2. The summed E-state index contributed by atoms with van der Waals surface area (Å²) in [6.07, 6.45) is 8.31. The average molecular weight is 385 g/mol. The van der Waals surface area contributed by atoms with Crippen LogP contribution in [0.2, 0.25) is 5.02 Å². The number of ether oxygens (including phenoxy) is 1. The Balaban J connectivity index is 1.34. The second-order valence-electron chi connectivity index (χ2n) is 7.24. The quantitative estimate of drug-likeness (QED) is 0.748. The van der Waals surface area contributed by atoms with Crippen molar-refractivity contribution in [2.24, 2.45) is 17.8 Å². The van der Waals surface area contributed by atoms with Gasteiger partial charge >= 0.3 is 0 Å². The van der Waals surface area contributed by atoms with Crippen LogP contribution in [0.4, 0.5) is 0 Å². The van der Waals surface area contributed by atoms with E-state index in [1.807, 2.05) is 12.1 Å². The van der Waals surface area contributed by atoms with E-state index in [9.17, 15) is 9.59 Å². The fourth-order valence-electron chi connectivity index (χ4n) is 3.94. The van der Waals surface area contributed by atoms with Gasteiger partial charge < -0.3 is 15.0 Å². The third kappa shape index (κ3) is 4.08. The van der Waals surface area contributed by atoms with Crippen LogP contribution in [0.3, 0.4) is 0 Å². The van der Waals surface area contributed by atoms with Gasteiger partial charge in [0.2, 0.25) is 5.43 Å². The molecule has 0 unspecified atom stereocenters. The van der Waals surface area contributed by atoms with Gasteiger partial charge in [0.05, 0.1) is 0 Å². The molecular weight excluding hydrogens is 364 g/mol. The molecule has 6 heteroatoms. The zero-order chi connectivity index (χ0) is 18.8. The number of benzene rings is 1. The van der Waals surface area contributed by atoms with Gasteiger partial charge in [0, 0.05) is 23.8 Å². The number of fused-ring (bicyclic) bond motifs is 2. The van der Waals surface area contributed by atoms with E-state index in [1.54, 1.807) is 12.1 Å². The lowest BCUT2D eigenvalue weighted by Crippen LogP contribution is -2.32. The first-order valence-electron chi connectivity index (χ1n) is 9.15. The summed E-state index contributed by atoms with van der Waals surface area (Å²) in [4.78, 5) is 27.4. The second-order valence-corrected chi connectivity index (χ2v) is 7.68. The van der Waals surface area contributed by atoms with Crippen molar-refractivity contribution in [2.75, 3.05) is 6.54 Å². The molecule has 2 aliphatic rings. The number of nitrogens with one attached hydrogen (secondary N) is 2. The summed E-state index contributed by atoms with van der Waals surface area (Å²) in [5.74, 6) is 1.66. The Bertz CT molecular complexity index is 937. The first-order chi connectivity index (χ1) is 13.1. The van der Waals surface area contributed by atoms with Crippen molar-refractivity contribution in [3.05, 3.63) is 75.2 Å². The number of aromatic nitrogens is 1. The second kappa shape index (κ2) is 7.61. The maximum atomic E-state index is 12.3. The third-order valence-corrected chi connectivity index (χ3v) is 5.58. The predicted molar refractivity (Wildman–Crippen MR) is 104 cm³/mol. The van der Waals surface area contributed by atoms with Crippen LogP contribution in [0.1, 0.15) is 28.9 Å². The first kappa shape index (κ1) is 17.9. The van der Waals surface area contributed by atoms with E-state index in [1.165, 1.54) is 18.7 Å². The van der Waals surface area contributed by atoms with E-state index >= 15 is 0 Å². The van der Waals surface area contributed by atoms with Crippen LogP contribution in [0.25, 0.3) is 0 Å².